The molecule has 1 rings (SSSR count). The van der Waals surface area contributed by atoms with Crippen molar-refractivity contribution >= 4 is 17.9 Å². The molecule has 0 bridgehead atoms. The molecule has 0 aliphatic heterocycles. The maximum absolute atomic E-state index is 14.1. The average molecular weight is 541 g/mol. The van der Waals surface area contributed by atoms with Crippen molar-refractivity contribution in [3.8, 4) is 6.07 Å². The van der Waals surface area contributed by atoms with Gasteiger partial charge in [0.15, 0.2) is 0 Å². The summed E-state index contributed by atoms with van der Waals surface area (Å²) in [6.45, 7) is 18.7. The van der Waals surface area contributed by atoms with Crippen LogP contribution in [-0.4, -0.2) is 65.5 Å². The van der Waals surface area contributed by atoms with Gasteiger partial charge in [0, 0.05) is 25.6 Å². The molecule has 0 saturated carbocycles. The van der Waals surface area contributed by atoms with Crippen LogP contribution in [0.2, 0.25) is 0 Å². The number of rotatable bonds is 9. The van der Waals surface area contributed by atoms with E-state index in [1.807, 2.05) is 84.9 Å². The zero-order valence-corrected chi connectivity index (χ0v) is 25.8. The number of hydrogen-bond donors (Lipinski definition) is 1. The topological polar surface area (TPSA) is 103 Å². The molecule has 1 N–H and O–H groups in total. The van der Waals surface area contributed by atoms with Gasteiger partial charge in [-0.2, -0.15) is 5.26 Å². The number of nitriles is 1. The Morgan fingerprint density at radius 1 is 0.949 bits per heavy atom. The summed E-state index contributed by atoms with van der Waals surface area (Å²) in [6.07, 6.45) is 2.43. The lowest BCUT2D eigenvalue weighted by Crippen LogP contribution is -2.63. The molecule has 0 aromatic heterocycles. The van der Waals surface area contributed by atoms with Crippen LogP contribution in [0.15, 0.2) is 42.5 Å². The zero-order valence-electron chi connectivity index (χ0n) is 25.8. The van der Waals surface area contributed by atoms with Crippen LogP contribution in [0.25, 0.3) is 0 Å². The fourth-order valence-corrected chi connectivity index (χ4v) is 4.61. The standard InChI is InChI=1S/C31H48N4O4/c1-21(2)23(19-16-20-32)34(11)27(37)24(29(3,4)5)33-26(36)25(35(12)28(38)39-30(6,7)8)31(9,10)22-17-14-13-15-18-22/h13-19,21,23-25H,1-12H3,(H,33,36)/b19-16+/t23-,24-,25-/m1/s1. The van der Waals surface area contributed by atoms with E-state index in [0.717, 1.165) is 5.56 Å². The number of carbonyl (C=O) groups is 3. The fourth-order valence-electron chi connectivity index (χ4n) is 4.61. The lowest BCUT2D eigenvalue weighted by Gasteiger charge is -2.42. The number of carbonyl (C=O) groups excluding carboxylic acids is 3. The molecule has 39 heavy (non-hydrogen) atoms. The molecular formula is C31H48N4O4. The molecule has 8 heteroatoms. The van der Waals surface area contributed by atoms with Crippen molar-refractivity contribution in [3.63, 3.8) is 0 Å². The van der Waals surface area contributed by atoms with Crippen LogP contribution in [0.4, 0.5) is 4.79 Å². The number of allylic oxidation sites excluding steroid dienone is 1. The van der Waals surface area contributed by atoms with Crippen molar-refractivity contribution < 1.29 is 19.1 Å². The van der Waals surface area contributed by atoms with Gasteiger partial charge >= 0.3 is 6.09 Å². The summed E-state index contributed by atoms with van der Waals surface area (Å²) in [5.74, 6) is -0.705. The second-order valence-corrected chi connectivity index (χ2v) is 13.1. The quantitative estimate of drug-likeness (QED) is 0.429. The maximum atomic E-state index is 14.1. The summed E-state index contributed by atoms with van der Waals surface area (Å²) < 4.78 is 5.61. The first-order valence-corrected chi connectivity index (χ1v) is 13.4. The number of benzene rings is 1. The highest BCUT2D eigenvalue weighted by atomic mass is 16.6. The minimum Gasteiger partial charge on any atom is -0.444 e. The van der Waals surface area contributed by atoms with Crippen molar-refractivity contribution in [1.82, 2.24) is 15.1 Å². The molecule has 1 aromatic rings. The minimum absolute atomic E-state index is 0.0444. The molecule has 3 atom stereocenters. The third-order valence-electron chi connectivity index (χ3n) is 6.76. The van der Waals surface area contributed by atoms with E-state index in [0.29, 0.717) is 0 Å². The molecule has 0 aliphatic rings. The van der Waals surface area contributed by atoms with Gasteiger partial charge < -0.3 is 15.0 Å². The summed E-state index contributed by atoms with van der Waals surface area (Å²) in [7, 11) is 3.22. The van der Waals surface area contributed by atoms with Gasteiger partial charge in [0.2, 0.25) is 11.8 Å². The van der Waals surface area contributed by atoms with E-state index in [2.05, 4.69) is 5.32 Å². The second-order valence-electron chi connectivity index (χ2n) is 13.1. The lowest BCUT2D eigenvalue weighted by atomic mass is 9.76. The molecule has 0 aliphatic carbocycles. The van der Waals surface area contributed by atoms with E-state index in [1.165, 1.54) is 11.0 Å². The highest BCUT2D eigenvalue weighted by molar-refractivity contribution is 5.93. The highest BCUT2D eigenvalue weighted by Crippen LogP contribution is 2.32. The predicted octanol–water partition coefficient (Wildman–Crippen LogP) is 5.29. The molecule has 0 fully saturated rings. The molecule has 0 radical (unpaired) electrons. The van der Waals surface area contributed by atoms with Gasteiger partial charge in [0.25, 0.3) is 0 Å². The fraction of sp³-hybridized carbons (Fsp3) is 0.613. The smallest absolute Gasteiger partial charge is 0.410 e. The molecule has 0 saturated heterocycles. The van der Waals surface area contributed by atoms with Crippen LogP contribution in [0.1, 0.15) is 74.8 Å². The van der Waals surface area contributed by atoms with Crippen LogP contribution in [0, 0.1) is 22.7 Å². The average Bonchev–Trinajstić information content (AvgIpc) is 2.80. The van der Waals surface area contributed by atoms with Gasteiger partial charge in [-0.05, 0) is 37.7 Å². The number of hydrogen-bond acceptors (Lipinski definition) is 5. The second kappa shape index (κ2) is 13.1. The van der Waals surface area contributed by atoms with E-state index in [-0.39, 0.29) is 17.9 Å². The third-order valence-corrected chi connectivity index (χ3v) is 6.76. The molecule has 8 nitrogen and oxygen atoms in total. The molecule has 0 heterocycles. The number of ether oxygens (including phenoxy) is 1. The molecule has 1 aromatic carbocycles. The molecule has 216 valence electrons. The van der Waals surface area contributed by atoms with Crippen molar-refractivity contribution in [2.45, 2.75) is 98.4 Å². The van der Waals surface area contributed by atoms with Crippen molar-refractivity contribution in [1.29, 1.82) is 5.26 Å². The Morgan fingerprint density at radius 2 is 1.49 bits per heavy atom. The van der Waals surface area contributed by atoms with E-state index >= 15 is 0 Å². The van der Waals surface area contributed by atoms with Crippen LogP contribution in [0.5, 0.6) is 0 Å². The first kappa shape index (κ1) is 33.7. The van der Waals surface area contributed by atoms with Gasteiger partial charge in [-0.15, -0.1) is 0 Å². The van der Waals surface area contributed by atoms with Crippen molar-refractivity contribution in [3.05, 3.63) is 48.0 Å². The summed E-state index contributed by atoms with van der Waals surface area (Å²) in [5, 5.41) is 12.0. The van der Waals surface area contributed by atoms with Crippen molar-refractivity contribution in [2.24, 2.45) is 11.3 Å². The Labute approximate surface area is 235 Å². The molecule has 3 amide bonds. The number of nitrogens with one attached hydrogen (secondary N) is 1. The lowest BCUT2D eigenvalue weighted by molar-refractivity contribution is -0.141. The number of likely N-dealkylation sites (N-methyl/N-ethyl adjacent to an activating group) is 2. The Morgan fingerprint density at radius 3 is 1.92 bits per heavy atom. The number of nitrogens with zero attached hydrogens (tertiary/aromatic N) is 3. The summed E-state index contributed by atoms with van der Waals surface area (Å²) in [4.78, 5) is 44.1. The van der Waals surface area contributed by atoms with Crippen LogP contribution >= 0.6 is 0 Å². The monoisotopic (exact) mass is 540 g/mol. The third kappa shape index (κ3) is 9.12. The van der Waals surface area contributed by atoms with Gasteiger partial charge in [0.1, 0.15) is 17.7 Å². The van der Waals surface area contributed by atoms with E-state index in [1.54, 1.807) is 45.8 Å². The Hall–Kier alpha value is -3.34. The SMILES string of the molecule is CC(C)[C@@H](/C=C/C#N)N(C)C(=O)[C@@H](NC(=O)[C@@H](N(C)C(=O)OC(C)(C)C)C(C)(C)c1ccccc1)C(C)(C)C. The van der Waals surface area contributed by atoms with E-state index < -0.39 is 40.5 Å². The van der Waals surface area contributed by atoms with E-state index in [9.17, 15) is 14.4 Å². The Bertz CT molecular complexity index is 1060. The van der Waals surface area contributed by atoms with Crippen LogP contribution in [-0.2, 0) is 19.7 Å². The van der Waals surface area contributed by atoms with Gasteiger partial charge in [-0.3, -0.25) is 14.5 Å². The molecule has 0 spiro atoms. The minimum atomic E-state index is -0.989. The summed E-state index contributed by atoms with van der Waals surface area (Å²) >= 11 is 0. The predicted molar refractivity (Wildman–Crippen MR) is 155 cm³/mol. The first-order chi connectivity index (χ1) is 17.8. The Balaban J connectivity index is 3.55. The van der Waals surface area contributed by atoms with Gasteiger partial charge in [0.05, 0.1) is 12.1 Å². The van der Waals surface area contributed by atoms with Crippen LogP contribution in [0.3, 0.4) is 0 Å². The van der Waals surface area contributed by atoms with E-state index in [4.69, 9.17) is 10.00 Å². The summed E-state index contributed by atoms with van der Waals surface area (Å²) in [6, 6.07) is 9.26. The zero-order chi connectivity index (χ0) is 30.3. The molecule has 0 unspecified atom stereocenters. The van der Waals surface area contributed by atoms with Crippen LogP contribution < -0.4 is 5.32 Å². The molecular weight excluding hydrogens is 492 g/mol. The first-order valence-electron chi connectivity index (χ1n) is 13.4. The summed E-state index contributed by atoms with van der Waals surface area (Å²) in [5.41, 5.74) is -1.37. The Kier molecular flexibility index (Phi) is 11.4. The van der Waals surface area contributed by atoms with Crippen molar-refractivity contribution in [2.75, 3.05) is 14.1 Å². The van der Waals surface area contributed by atoms with Gasteiger partial charge in [-0.1, -0.05) is 84.9 Å². The normalized spacial score (nSPS) is 14.8. The highest BCUT2D eigenvalue weighted by Gasteiger charge is 2.45. The largest absolute Gasteiger partial charge is 0.444 e. The maximum Gasteiger partial charge on any atom is 0.410 e. The number of amides is 3. The van der Waals surface area contributed by atoms with Gasteiger partial charge in [-0.25, -0.2) is 4.79 Å².